The van der Waals surface area contributed by atoms with Crippen molar-refractivity contribution in [3.63, 3.8) is 0 Å². The summed E-state index contributed by atoms with van der Waals surface area (Å²) in [5.74, 6) is -0.498. The SMILES string of the molecule is Cc1cc(=O)n(CC(=O)NCCS(=O)(=O)N2CCCCC2)c2ccccc12. The van der Waals surface area contributed by atoms with Crippen LogP contribution in [0.15, 0.2) is 35.1 Å². The number of hydrogen-bond acceptors (Lipinski definition) is 4. The number of rotatable bonds is 6. The molecule has 1 fully saturated rings. The summed E-state index contributed by atoms with van der Waals surface area (Å²) in [5.41, 5.74) is 1.31. The highest BCUT2D eigenvalue weighted by Crippen LogP contribution is 2.16. The number of nitrogens with zero attached hydrogens (tertiary/aromatic N) is 2. The zero-order valence-corrected chi connectivity index (χ0v) is 16.3. The summed E-state index contributed by atoms with van der Waals surface area (Å²) in [7, 11) is -3.35. The van der Waals surface area contributed by atoms with Gasteiger partial charge in [0, 0.05) is 31.1 Å². The van der Waals surface area contributed by atoms with E-state index in [2.05, 4.69) is 5.32 Å². The number of piperidine rings is 1. The number of para-hydroxylation sites is 1. The second-order valence-corrected chi connectivity index (χ2v) is 8.98. The molecule has 0 spiro atoms. The van der Waals surface area contributed by atoms with E-state index in [9.17, 15) is 18.0 Å². The molecule has 1 aliphatic rings. The summed E-state index contributed by atoms with van der Waals surface area (Å²) < 4.78 is 27.5. The Morgan fingerprint density at radius 3 is 2.59 bits per heavy atom. The monoisotopic (exact) mass is 391 g/mol. The maximum atomic E-state index is 12.3. The van der Waals surface area contributed by atoms with Crippen molar-refractivity contribution < 1.29 is 13.2 Å². The molecule has 2 heterocycles. The van der Waals surface area contributed by atoms with Crippen molar-refractivity contribution in [1.29, 1.82) is 0 Å². The quantitative estimate of drug-likeness (QED) is 0.802. The molecule has 2 aromatic rings. The highest BCUT2D eigenvalue weighted by atomic mass is 32.2. The van der Waals surface area contributed by atoms with Gasteiger partial charge in [-0.05, 0) is 31.4 Å². The molecule has 0 saturated carbocycles. The van der Waals surface area contributed by atoms with Crippen LogP contribution in [-0.2, 0) is 21.4 Å². The van der Waals surface area contributed by atoms with Crippen LogP contribution in [0.1, 0.15) is 24.8 Å². The van der Waals surface area contributed by atoms with E-state index in [-0.39, 0.29) is 30.3 Å². The fourth-order valence-corrected chi connectivity index (χ4v) is 4.89. The fourth-order valence-electron chi connectivity index (χ4n) is 3.46. The Morgan fingerprint density at radius 2 is 1.85 bits per heavy atom. The fraction of sp³-hybridized carbons (Fsp3) is 0.474. The van der Waals surface area contributed by atoms with Crippen molar-refractivity contribution in [2.75, 3.05) is 25.4 Å². The van der Waals surface area contributed by atoms with Gasteiger partial charge in [0.15, 0.2) is 0 Å². The minimum atomic E-state index is -3.35. The van der Waals surface area contributed by atoms with Crippen LogP contribution < -0.4 is 10.9 Å². The van der Waals surface area contributed by atoms with Gasteiger partial charge in [-0.3, -0.25) is 14.2 Å². The third-order valence-electron chi connectivity index (χ3n) is 4.92. The molecule has 1 saturated heterocycles. The van der Waals surface area contributed by atoms with Gasteiger partial charge in [0.2, 0.25) is 15.9 Å². The molecule has 3 rings (SSSR count). The number of pyridine rings is 1. The average molecular weight is 391 g/mol. The highest BCUT2D eigenvalue weighted by Gasteiger charge is 2.23. The molecule has 0 bridgehead atoms. The van der Waals surface area contributed by atoms with Crippen LogP contribution in [0.25, 0.3) is 10.9 Å². The largest absolute Gasteiger partial charge is 0.353 e. The third kappa shape index (κ3) is 4.56. The summed E-state index contributed by atoms with van der Waals surface area (Å²) in [5, 5.41) is 3.54. The van der Waals surface area contributed by atoms with E-state index in [1.807, 2.05) is 25.1 Å². The van der Waals surface area contributed by atoms with Crippen molar-refractivity contribution in [3.8, 4) is 0 Å². The van der Waals surface area contributed by atoms with Gasteiger partial charge < -0.3 is 5.32 Å². The van der Waals surface area contributed by atoms with Crippen molar-refractivity contribution in [2.45, 2.75) is 32.7 Å². The number of hydrogen-bond donors (Lipinski definition) is 1. The molecule has 0 radical (unpaired) electrons. The van der Waals surface area contributed by atoms with Crippen LogP contribution >= 0.6 is 0 Å². The molecular weight excluding hydrogens is 366 g/mol. The number of carbonyl (C=O) groups is 1. The zero-order valence-electron chi connectivity index (χ0n) is 15.5. The number of benzene rings is 1. The topological polar surface area (TPSA) is 88.5 Å². The smallest absolute Gasteiger partial charge is 0.251 e. The normalized spacial score (nSPS) is 15.7. The molecule has 1 amide bonds. The Hall–Kier alpha value is -2.19. The van der Waals surface area contributed by atoms with Gasteiger partial charge >= 0.3 is 0 Å². The van der Waals surface area contributed by atoms with Crippen LogP contribution in [0.4, 0.5) is 0 Å². The van der Waals surface area contributed by atoms with E-state index < -0.39 is 10.0 Å². The highest BCUT2D eigenvalue weighted by molar-refractivity contribution is 7.89. The first-order valence-electron chi connectivity index (χ1n) is 9.22. The van der Waals surface area contributed by atoms with E-state index in [4.69, 9.17) is 0 Å². The van der Waals surface area contributed by atoms with Crippen LogP contribution in [0.2, 0.25) is 0 Å². The van der Waals surface area contributed by atoms with E-state index in [1.165, 1.54) is 14.9 Å². The second kappa shape index (κ2) is 8.22. The first-order chi connectivity index (χ1) is 12.9. The van der Waals surface area contributed by atoms with Gasteiger partial charge in [-0.15, -0.1) is 0 Å². The Kier molecular flexibility index (Phi) is 5.96. The third-order valence-corrected chi connectivity index (χ3v) is 6.79. The number of fused-ring (bicyclic) bond motifs is 1. The van der Waals surface area contributed by atoms with Crippen molar-refractivity contribution in [1.82, 2.24) is 14.2 Å². The van der Waals surface area contributed by atoms with Gasteiger partial charge in [-0.1, -0.05) is 24.6 Å². The summed E-state index contributed by atoms with van der Waals surface area (Å²) >= 11 is 0. The van der Waals surface area contributed by atoms with Crippen LogP contribution in [0.3, 0.4) is 0 Å². The summed E-state index contributed by atoms with van der Waals surface area (Å²) in [4.78, 5) is 24.6. The minimum absolute atomic E-state index is 0.0379. The average Bonchev–Trinajstić information content (AvgIpc) is 2.66. The summed E-state index contributed by atoms with van der Waals surface area (Å²) in [6.45, 7) is 2.88. The summed E-state index contributed by atoms with van der Waals surface area (Å²) in [6.07, 6.45) is 2.83. The lowest BCUT2D eigenvalue weighted by Gasteiger charge is -2.25. The van der Waals surface area contributed by atoms with Crippen molar-refractivity contribution in [3.05, 3.63) is 46.2 Å². The van der Waals surface area contributed by atoms with Gasteiger partial charge in [0.1, 0.15) is 6.54 Å². The van der Waals surface area contributed by atoms with Gasteiger partial charge in [-0.2, -0.15) is 0 Å². The Labute approximate surface area is 159 Å². The molecule has 27 heavy (non-hydrogen) atoms. The molecule has 1 N–H and O–H groups in total. The van der Waals surface area contributed by atoms with Crippen LogP contribution in [-0.4, -0.2) is 48.6 Å². The van der Waals surface area contributed by atoms with E-state index in [1.54, 1.807) is 6.07 Å². The van der Waals surface area contributed by atoms with Crippen LogP contribution in [0.5, 0.6) is 0 Å². The number of sulfonamides is 1. The zero-order chi connectivity index (χ0) is 19.4. The van der Waals surface area contributed by atoms with E-state index >= 15 is 0 Å². The lowest BCUT2D eigenvalue weighted by molar-refractivity contribution is -0.121. The van der Waals surface area contributed by atoms with Gasteiger partial charge in [0.05, 0.1) is 11.3 Å². The Balaban J connectivity index is 1.63. The lowest BCUT2D eigenvalue weighted by atomic mass is 10.1. The number of aromatic nitrogens is 1. The molecule has 0 atom stereocenters. The minimum Gasteiger partial charge on any atom is -0.353 e. The number of carbonyl (C=O) groups excluding carboxylic acids is 1. The first kappa shape index (κ1) is 19.6. The molecule has 0 unspecified atom stereocenters. The second-order valence-electron chi connectivity index (χ2n) is 6.89. The predicted octanol–water partition coefficient (Wildman–Crippen LogP) is 1.24. The van der Waals surface area contributed by atoms with Crippen molar-refractivity contribution >= 4 is 26.8 Å². The molecule has 8 heteroatoms. The molecule has 0 aliphatic carbocycles. The maximum absolute atomic E-state index is 12.3. The number of nitrogens with one attached hydrogen (secondary N) is 1. The Morgan fingerprint density at radius 1 is 1.15 bits per heavy atom. The van der Waals surface area contributed by atoms with Crippen LogP contribution in [0, 0.1) is 6.92 Å². The van der Waals surface area contributed by atoms with E-state index in [0.29, 0.717) is 18.6 Å². The number of amides is 1. The number of aryl methyl sites for hydroxylation is 1. The molecule has 1 aromatic heterocycles. The molecule has 1 aromatic carbocycles. The Bertz CT molecular complexity index is 992. The predicted molar refractivity (Wildman–Crippen MR) is 105 cm³/mol. The lowest BCUT2D eigenvalue weighted by Crippen LogP contribution is -2.41. The molecule has 1 aliphatic heterocycles. The molecule has 7 nitrogen and oxygen atoms in total. The van der Waals surface area contributed by atoms with Gasteiger partial charge in [0.25, 0.3) is 5.56 Å². The molecule has 146 valence electrons. The summed E-state index contributed by atoms with van der Waals surface area (Å²) in [6, 6.07) is 8.93. The molecular formula is C19H25N3O4S. The standard InChI is InChI=1S/C19H25N3O4S/c1-15-13-19(24)22(17-8-4-3-7-16(15)17)14-18(23)20-9-12-27(25,26)21-10-5-2-6-11-21/h3-4,7-8,13H,2,5-6,9-12,14H2,1H3,(H,20,23). The van der Waals surface area contributed by atoms with Crippen molar-refractivity contribution in [2.24, 2.45) is 0 Å². The first-order valence-corrected chi connectivity index (χ1v) is 10.8. The maximum Gasteiger partial charge on any atom is 0.251 e. The van der Waals surface area contributed by atoms with E-state index in [0.717, 1.165) is 30.2 Å². The van der Waals surface area contributed by atoms with Gasteiger partial charge in [-0.25, -0.2) is 12.7 Å².